The van der Waals surface area contributed by atoms with Gasteiger partial charge in [0.1, 0.15) is 11.3 Å². The van der Waals surface area contributed by atoms with Crippen molar-refractivity contribution in [2.24, 2.45) is 0 Å². The summed E-state index contributed by atoms with van der Waals surface area (Å²) in [7, 11) is 0. The highest BCUT2D eigenvalue weighted by atomic mass is 19.4. The Morgan fingerprint density at radius 1 is 1.05 bits per heavy atom. The highest BCUT2D eigenvalue weighted by Gasteiger charge is 2.31. The fourth-order valence-electron chi connectivity index (χ4n) is 4.89. The van der Waals surface area contributed by atoms with E-state index in [1.807, 2.05) is 6.92 Å². The fraction of sp³-hybridized carbons (Fsp3) is 0.423. The molecule has 200 valence electrons. The van der Waals surface area contributed by atoms with Gasteiger partial charge >= 0.3 is 6.36 Å². The number of ether oxygens (including phenoxy) is 1. The van der Waals surface area contributed by atoms with E-state index >= 15 is 0 Å². The van der Waals surface area contributed by atoms with Gasteiger partial charge in [0.2, 0.25) is 11.9 Å². The third-order valence-electron chi connectivity index (χ3n) is 6.77. The van der Waals surface area contributed by atoms with Crippen molar-refractivity contribution in [3.8, 4) is 5.75 Å². The molecule has 0 unspecified atom stereocenters. The minimum Gasteiger partial charge on any atom is -0.406 e. The van der Waals surface area contributed by atoms with Crippen LogP contribution in [0.2, 0.25) is 0 Å². The predicted octanol–water partition coefficient (Wildman–Crippen LogP) is 4.34. The summed E-state index contributed by atoms with van der Waals surface area (Å²) in [6.07, 6.45) is 4.18. The molecule has 1 amide bonds. The minimum atomic E-state index is -4.76. The Bertz CT molecular complexity index is 1320. The molecule has 2 aliphatic rings. The number of aryl methyl sites for hydroxylation is 1. The number of aromatic nitrogens is 4. The average Bonchev–Trinajstić information content (AvgIpc) is 3.43. The summed E-state index contributed by atoms with van der Waals surface area (Å²) in [5, 5.41) is 2.64. The van der Waals surface area contributed by atoms with Gasteiger partial charge in [-0.15, -0.1) is 13.2 Å². The zero-order chi connectivity index (χ0) is 26.7. The number of nitrogens with one attached hydrogen (secondary N) is 1. The predicted molar refractivity (Wildman–Crippen MR) is 137 cm³/mol. The lowest BCUT2D eigenvalue weighted by Gasteiger charge is -2.36. The molecule has 2 fully saturated rings. The molecular formula is C26H28F3N7O2. The number of carbonyl (C=O) groups excluding carboxylic acids is 1. The Hall–Kier alpha value is -3.80. The quantitative estimate of drug-likeness (QED) is 0.473. The van der Waals surface area contributed by atoms with Crippen molar-refractivity contribution in [1.82, 2.24) is 24.8 Å². The van der Waals surface area contributed by atoms with Crippen LogP contribution in [0.5, 0.6) is 5.75 Å². The van der Waals surface area contributed by atoms with Crippen LogP contribution in [-0.2, 0) is 4.79 Å². The average molecular weight is 528 g/mol. The molecule has 0 spiro atoms. The molecule has 2 saturated heterocycles. The molecule has 1 aromatic carbocycles. The van der Waals surface area contributed by atoms with Crippen molar-refractivity contribution in [3.63, 3.8) is 0 Å². The molecule has 5 rings (SSSR count). The van der Waals surface area contributed by atoms with E-state index in [9.17, 15) is 18.0 Å². The molecule has 2 aromatic heterocycles. The lowest BCUT2D eigenvalue weighted by Crippen LogP contribution is -2.44. The van der Waals surface area contributed by atoms with Gasteiger partial charge in [0.05, 0.1) is 11.9 Å². The van der Waals surface area contributed by atoms with Gasteiger partial charge < -0.3 is 19.9 Å². The molecule has 1 N–H and O–H groups in total. The van der Waals surface area contributed by atoms with Gasteiger partial charge in [-0.2, -0.15) is 4.98 Å². The molecule has 9 nitrogen and oxygen atoms in total. The van der Waals surface area contributed by atoms with Gasteiger partial charge in [0, 0.05) is 25.2 Å². The first-order valence-electron chi connectivity index (χ1n) is 12.6. The van der Waals surface area contributed by atoms with E-state index in [0.29, 0.717) is 34.4 Å². The lowest BCUT2D eigenvalue weighted by atomic mass is 10.0. The molecule has 2 aliphatic heterocycles. The lowest BCUT2D eigenvalue weighted by molar-refractivity contribution is -0.274. The molecule has 0 saturated carbocycles. The molecule has 12 heteroatoms. The van der Waals surface area contributed by atoms with E-state index in [1.165, 1.54) is 68.5 Å². The monoisotopic (exact) mass is 527 g/mol. The van der Waals surface area contributed by atoms with E-state index in [1.54, 1.807) is 0 Å². The molecule has 4 heterocycles. The number of anilines is 2. The maximum Gasteiger partial charge on any atom is 0.573 e. The van der Waals surface area contributed by atoms with E-state index in [2.05, 4.69) is 39.8 Å². The fourth-order valence-corrected chi connectivity index (χ4v) is 4.89. The Morgan fingerprint density at radius 3 is 2.45 bits per heavy atom. The summed E-state index contributed by atoms with van der Waals surface area (Å²) in [5.74, 6) is 0.0886. The number of nitrogens with zero attached hydrogens (tertiary/aromatic N) is 6. The summed E-state index contributed by atoms with van der Waals surface area (Å²) in [5.41, 5.74) is 2.17. The van der Waals surface area contributed by atoms with Gasteiger partial charge in [0.25, 0.3) is 0 Å². The Morgan fingerprint density at radius 2 is 1.76 bits per heavy atom. The molecule has 0 radical (unpaired) electrons. The molecule has 0 atom stereocenters. The van der Waals surface area contributed by atoms with Gasteiger partial charge in [-0.1, -0.05) is 12.1 Å². The van der Waals surface area contributed by atoms with Gasteiger partial charge in [0.15, 0.2) is 11.5 Å². The summed E-state index contributed by atoms with van der Waals surface area (Å²) >= 11 is 0. The minimum absolute atomic E-state index is 0.243. The van der Waals surface area contributed by atoms with Crippen LogP contribution in [-0.4, -0.2) is 69.3 Å². The number of piperidine rings is 1. The Balaban J connectivity index is 1.20. The molecule has 0 bridgehead atoms. The summed E-state index contributed by atoms with van der Waals surface area (Å²) in [4.78, 5) is 35.3. The zero-order valence-corrected chi connectivity index (χ0v) is 20.9. The van der Waals surface area contributed by atoms with Crippen molar-refractivity contribution < 1.29 is 22.7 Å². The third-order valence-corrected chi connectivity index (χ3v) is 6.77. The summed E-state index contributed by atoms with van der Waals surface area (Å²) in [6.45, 7) is 6.05. The van der Waals surface area contributed by atoms with E-state index in [-0.39, 0.29) is 11.6 Å². The van der Waals surface area contributed by atoms with Crippen LogP contribution in [0.25, 0.3) is 17.2 Å². The highest BCUT2D eigenvalue weighted by molar-refractivity contribution is 6.01. The number of amides is 1. The number of hydrogen-bond donors (Lipinski definition) is 1. The van der Waals surface area contributed by atoms with Crippen LogP contribution in [0.15, 0.2) is 36.5 Å². The highest BCUT2D eigenvalue weighted by Crippen LogP contribution is 2.25. The van der Waals surface area contributed by atoms with Crippen molar-refractivity contribution in [1.29, 1.82) is 0 Å². The van der Waals surface area contributed by atoms with Gasteiger partial charge in [-0.3, -0.25) is 4.79 Å². The molecule has 0 aliphatic carbocycles. The van der Waals surface area contributed by atoms with E-state index in [4.69, 9.17) is 0 Å². The molecular weight excluding hydrogens is 499 g/mol. The number of likely N-dealkylation sites (tertiary alicyclic amines) is 1. The topological polar surface area (TPSA) is 96.4 Å². The second kappa shape index (κ2) is 10.9. The number of carbonyl (C=O) groups is 1. The van der Waals surface area contributed by atoms with Gasteiger partial charge in [-0.05, 0) is 69.5 Å². The SMILES string of the molecule is Cc1nc(N2CCC(N3CCCC3)CC2)nc2ncc(NC(=O)C=Cc3ccc(OC(F)(F)F)cc3)nc12. The Labute approximate surface area is 217 Å². The Kier molecular flexibility index (Phi) is 7.41. The first-order chi connectivity index (χ1) is 18.2. The van der Waals surface area contributed by atoms with E-state index < -0.39 is 12.3 Å². The number of rotatable bonds is 6. The van der Waals surface area contributed by atoms with Crippen LogP contribution in [0.3, 0.4) is 0 Å². The van der Waals surface area contributed by atoms with Crippen molar-refractivity contribution in [3.05, 3.63) is 47.8 Å². The maximum atomic E-state index is 12.4. The largest absolute Gasteiger partial charge is 0.573 e. The number of benzene rings is 1. The number of alkyl halides is 3. The van der Waals surface area contributed by atoms with Crippen molar-refractivity contribution >= 4 is 34.9 Å². The molecule has 38 heavy (non-hydrogen) atoms. The van der Waals surface area contributed by atoms with Gasteiger partial charge in [-0.25, -0.2) is 15.0 Å². The smallest absolute Gasteiger partial charge is 0.406 e. The second-order valence-electron chi connectivity index (χ2n) is 9.44. The first kappa shape index (κ1) is 25.8. The summed E-state index contributed by atoms with van der Waals surface area (Å²) < 4.78 is 40.7. The van der Waals surface area contributed by atoms with Crippen LogP contribution >= 0.6 is 0 Å². The second-order valence-corrected chi connectivity index (χ2v) is 9.44. The summed E-state index contributed by atoms with van der Waals surface area (Å²) in [6, 6.07) is 5.80. The zero-order valence-electron chi connectivity index (χ0n) is 20.9. The van der Waals surface area contributed by atoms with Crippen LogP contribution in [0.1, 0.15) is 36.9 Å². The van der Waals surface area contributed by atoms with E-state index in [0.717, 1.165) is 25.9 Å². The van der Waals surface area contributed by atoms with Crippen molar-refractivity contribution in [2.75, 3.05) is 36.4 Å². The van der Waals surface area contributed by atoms with Crippen LogP contribution < -0.4 is 15.0 Å². The van der Waals surface area contributed by atoms with Crippen molar-refractivity contribution in [2.45, 2.75) is 45.0 Å². The normalized spacial score (nSPS) is 17.4. The molecule has 3 aromatic rings. The van der Waals surface area contributed by atoms with Crippen LogP contribution in [0, 0.1) is 6.92 Å². The standard InChI is InChI=1S/C26H28F3N7O2/c1-17-23-24(34-25(31-17)36-14-10-19(11-15-36)35-12-2-3-13-35)30-16-21(33-23)32-22(37)9-6-18-4-7-20(8-5-18)38-26(27,28)29/h4-9,16,19H,2-3,10-15H2,1H3,(H,32,33,37). The number of fused-ring (bicyclic) bond motifs is 1. The number of halogens is 3. The maximum absolute atomic E-state index is 12.4. The van der Waals surface area contributed by atoms with Crippen LogP contribution in [0.4, 0.5) is 24.9 Å². The first-order valence-corrected chi connectivity index (χ1v) is 12.6. The third kappa shape index (κ3) is 6.36. The number of hydrogen-bond acceptors (Lipinski definition) is 8.